The summed E-state index contributed by atoms with van der Waals surface area (Å²) in [5.41, 5.74) is 14.1. The summed E-state index contributed by atoms with van der Waals surface area (Å²) < 4.78 is 4.77. The Labute approximate surface area is 283 Å². The Bertz CT molecular complexity index is 2810. The number of aromatic amines is 1. The quantitative estimate of drug-likeness (QED) is 0.197. The Kier molecular flexibility index (Phi) is 6.18. The van der Waals surface area contributed by atoms with Gasteiger partial charge in [-0.1, -0.05) is 109 Å². The Morgan fingerprint density at radius 1 is 0.286 bits per heavy atom. The molecule has 49 heavy (non-hydrogen) atoms. The highest BCUT2D eigenvalue weighted by Gasteiger charge is 2.16. The number of fused-ring (bicyclic) bond motifs is 6. The molecule has 0 aliphatic heterocycles. The molecule has 0 aliphatic rings. The van der Waals surface area contributed by atoms with Crippen molar-refractivity contribution in [2.24, 2.45) is 0 Å². The van der Waals surface area contributed by atoms with Gasteiger partial charge in [0.2, 0.25) is 0 Å². The number of H-pyrrole nitrogens is 1. The number of benzene rings is 7. The fourth-order valence-electron chi connectivity index (χ4n) is 7.60. The summed E-state index contributed by atoms with van der Waals surface area (Å²) in [6.07, 6.45) is 0. The summed E-state index contributed by atoms with van der Waals surface area (Å²) in [5.74, 6) is 0. The maximum atomic E-state index is 3.64. The second-order valence-electron chi connectivity index (χ2n) is 12.7. The highest BCUT2D eigenvalue weighted by molar-refractivity contribution is 6.12. The van der Waals surface area contributed by atoms with Crippen molar-refractivity contribution in [3.8, 4) is 45.0 Å². The maximum absolute atomic E-state index is 3.64. The van der Waals surface area contributed by atoms with Crippen molar-refractivity contribution in [1.82, 2.24) is 14.1 Å². The van der Waals surface area contributed by atoms with Crippen molar-refractivity contribution in [3.05, 3.63) is 182 Å². The molecular weight excluding hydrogens is 595 g/mol. The van der Waals surface area contributed by atoms with Crippen LogP contribution in [0.2, 0.25) is 0 Å². The van der Waals surface area contributed by atoms with Crippen LogP contribution < -0.4 is 0 Å². The van der Waals surface area contributed by atoms with Crippen LogP contribution in [-0.4, -0.2) is 14.1 Å². The van der Waals surface area contributed by atoms with Crippen molar-refractivity contribution in [2.45, 2.75) is 0 Å². The lowest BCUT2D eigenvalue weighted by Crippen LogP contribution is -1.94. The van der Waals surface area contributed by atoms with Crippen LogP contribution in [0.3, 0.4) is 0 Å². The fourth-order valence-corrected chi connectivity index (χ4v) is 7.60. The van der Waals surface area contributed by atoms with E-state index in [1.165, 1.54) is 66.0 Å². The van der Waals surface area contributed by atoms with E-state index in [4.69, 9.17) is 0 Å². The molecule has 3 nitrogen and oxygen atoms in total. The number of para-hydroxylation sites is 3. The predicted octanol–water partition coefficient (Wildman–Crippen LogP) is 12.2. The topological polar surface area (TPSA) is 25.6 Å². The number of aromatic nitrogens is 3. The van der Waals surface area contributed by atoms with Gasteiger partial charge in [-0.25, -0.2) is 0 Å². The summed E-state index contributed by atoms with van der Waals surface area (Å²) in [7, 11) is 0. The van der Waals surface area contributed by atoms with Crippen LogP contribution in [0.15, 0.2) is 182 Å². The molecule has 3 heterocycles. The van der Waals surface area contributed by atoms with Crippen molar-refractivity contribution < 1.29 is 0 Å². The normalized spacial score (nSPS) is 11.7. The van der Waals surface area contributed by atoms with Crippen LogP contribution in [0.1, 0.15) is 0 Å². The molecule has 10 rings (SSSR count). The van der Waals surface area contributed by atoms with Crippen molar-refractivity contribution in [3.63, 3.8) is 0 Å². The zero-order valence-corrected chi connectivity index (χ0v) is 26.7. The van der Waals surface area contributed by atoms with Crippen LogP contribution in [-0.2, 0) is 0 Å². The van der Waals surface area contributed by atoms with E-state index in [2.05, 4.69) is 196 Å². The van der Waals surface area contributed by atoms with E-state index in [-0.39, 0.29) is 0 Å². The lowest BCUT2D eigenvalue weighted by atomic mass is 10.0. The van der Waals surface area contributed by atoms with Gasteiger partial charge in [0.15, 0.2) is 0 Å². The third kappa shape index (κ3) is 4.44. The summed E-state index contributed by atoms with van der Waals surface area (Å²) in [6, 6.07) is 65.6. The molecule has 0 bridgehead atoms. The Morgan fingerprint density at radius 2 is 0.755 bits per heavy atom. The average molecular weight is 626 g/mol. The number of hydrogen-bond donors (Lipinski definition) is 1. The van der Waals surface area contributed by atoms with Crippen LogP contribution in [0.25, 0.3) is 88.6 Å². The van der Waals surface area contributed by atoms with Gasteiger partial charge in [0.05, 0.1) is 22.1 Å². The smallest absolute Gasteiger partial charge is 0.0541 e. The third-order valence-corrected chi connectivity index (χ3v) is 9.88. The van der Waals surface area contributed by atoms with E-state index >= 15 is 0 Å². The Balaban J connectivity index is 1.10. The van der Waals surface area contributed by atoms with Crippen molar-refractivity contribution >= 4 is 43.6 Å². The number of nitrogens with zero attached hydrogens (tertiary/aromatic N) is 2. The first-order valence-corrected chi connectivity index (χ1v) is 16.8. The standard InChI is InChI=1S/C46H31N3/c1-3-12-31(13-4-1)41-24-25-42(47-41)34-14-11-17-36(28-34)49-44-21-10-8-19-38(44)40-30-33(23-27-46(40)49)32-22-26-45-39(29-32)37-18-7-9-20-43(37)48(45)35-15-5-2-6-16-35/h1-30,47H. The first-order chi connectivity index (χ1) is 24.3. The van der Waals surface area contributed by atoms with E-state index in [9.17, 15) is 0 Å². The van der Waals surface area contributed by atoms with Gasteiger partial charge in [0.1, 0.15) is 0 Å². The molecule has 0 aliphatic carbocycles. The van der Waals surface area contributed by atoms with Gasteiger partial charge >= 0.3 is 0 Å². The van der Waals surface area contributed by atoms with Crippen LogP contribution >= 0.6 is 0 Å². The summed E-state index contributed by atoms with van der Waals surface area (Å²) in [6.45, 7) is 0. The second kappa shape index (κ2) is 11.0. The molecule has 0 unspecified atom stereocenters. The molecule has 0 saturated heterocycles. The van der Waals surface area contributed by atoms with Gasteiger partial charge in [-0.3, -0.25) is 0 Å². The molecule has 7 aromatic carbocycles. The van der Waals surface area contributed by atoms with Gasteiger partial charge in [0.25, 0.3) is 0 Å². The molecule has 0 amide bonds. The second-order valence-corrected chi connectivity index (χ2v) is 12.7. The number of hydrogen-bond acceptors (Lipinski definition) is 0. The Morgan fingerprint density at radius 3 is 1.39 bits per heavy atom. The van der Waals surface area contributed by atoms with Gasteiger partial charge in [-0.05, 0) is 89.5 Å². The summed E-state index contributed by atoms with van der Waals surface area (Å²) in [5, 5.41) is 5.02. The van der Waals surface area contributed by atoms with Crippen molar-refractivity contribution in [2.75, 3.05) is 0 Å². The lowest BCUT2D eigenvalue weighted by Gasteiger charge is -2.10. The molecule has 3 heteroatoms. The third-order valence-electron chi connectivity index (χ3n) is 9.88. The SMILES string of the molecule is c1ccc(-c2ccc(-c3cccc(-n4c5ccccc5c5cc(-c6ccc7c(c6)c6ccccc6n7-c6ccccc6)ccc54)c3)[nH]2)cc1. The fraction of sp³-hybridized carbons (Fsp3) is 0. The minimum atomic E-state index is 1.10. The van der Waals surface area contributed by atoms with E-state index in [0.29, 0.717) is 0 Å². The predicted molar refractivity (Wildman–Crippen MR) is 206 cm³/mol. The van der Waals surface area contributed by atoms with Gasteiger partial charge < -0.3 is 14.1 Å². The summed E-state index contributed by atoms with van der Waals surface area (Å²) in [4.78, 5) is 3.64. The molecule has 230 valence electrons. The first-order valence-electron chi connectivity index (χ1n) is 16.8. The van der Waals surface area contributed by atoms with Crippen molar-refractivity contribution in [1.29, 1.82) is 0 Å². The van der Waals surface area contributed by atoms with Crippen LogP contribution in [0.4, 0.5) is 0 Å². The number of rotatable bonds is 5. The molecule has 10 aromatic rings. The van der Waals surface area contributed by atoms with E-state index in [1.807, 2.05) is 0 Å². The average Bonchev–Trinajstić information content (AvgIpc) is 3.89. The van der Waals surface area contributed by atoms with Gasteiger partial charge in [-0.15, -0.1) is 0 Å². The molecule has 0 atom stereocenters. The zero-order valence-electron chi connectivity index (χ0n) is 26.7. The van der Waals surface area contributed by atoms with Crippen LogP contribution in [0.5, 0.6) is 0 Å². The summed E-state index contributed by atoms with van der Waals surface area (Å²) >= 11 is 0. The van der Waals surface area contributed by atoms with Gasteiger partial charge in [-0.2, -0.15) is 0 Å². The van der Waals surface area contributed by atoms with Crippen LogP contribution in [0, 0.1) is 0 Å². The molecule has 3 aromatic heterocycles. The lowest BCUT2D eigenvalue weighted by molar-refractivity contribution is 1.18. The molecule has 0 radical (unpaired) electrons. The molecule has 0 saturated carbocycles. The monoisotopic (exact) mass is 625 g/mol. The maximum Gasteiger partial charge on any atom is 0.0541 e. The molecule has 0 fully saturated rings. The Hall–Kier alpha value is -6.58. The van der Waals surface area contributed by atoms with Gasteiger partial charge in [0, 0.05) is 49.9 Å². The minimum Gasteiger partial charge on any atom is -0.355 e. The minimum absolute atomic E-state index is 1.10. The molecule has 0 spiro atoms. The highest BCUT2D eigenvalue weighted by atomic mass is 15.0. The number of nitrogens with one attached hydrogen (secondary N) is 1. The first kappa shape index (κ1) is 27.5. The van der Waals surface area contributed by atoms with E-state index in [1.54, 1.807) is 0 Å². The zero-order chi connectivity index (χ0) is 32.3. The molecular formula is C46H31N3. The highest BCUT2D eigenvalue weighted by Crippen LogP contribution is 2.38. The van der Waals surface area contributed by atoms with E-state index in [0.717, 1.165) is 22.6 Å². The largest absolute Gasteiger partial charge is 0.355 e. The molecule has 1 N–H and O–H groups in total. The van der Waals surface area contributed by atoms with E-state index < -0.39 is 0 Å².